The summed E-state index contributed by atoms with van der Waals surface area (Å²) >= 11 is 0. The van der Waals surface area contributed by atoms with Gasteiger partial charge in [-0.05, 0) is 86.4 Å². The maximum atomic E-state index is 13.8. The Bertz CT molecular complexity index is 1210. The number of H-pyrrole nitrogens is 1. The number of methoxy groups -OCH3 is 1. The van der Waals surface area contributed by atoms with Gasteiger partial charge in [0, 0.05) is 23.7 Å². The van der Waals surface area contributed by atoms with Gasteiger partial charge in [-0.3, -0.25) is 4.98 Å². The van der Waals surface area contributed by atoms with Crippen molar-refractivity contribution in [3.05, 3.63) is 60.0 Å². The summed E-state index contributed by atoms with van der Waals surface area (Å²) in [6.45, 7) is 2.23. The van der Waals surface area contributed by atoms with Gasteiger partial charge < -0.3 is 15.0 Å². The molecule has 0 aliphatic heterocycles. The Labute approximate surface area is 181 Å². The molecule has 0 spiro atoms. The first kappa shape index (κ1) is 19.8. The Kier molecular flexibility index (Phi) is 5.22. The monoisotopic (exact) mass is 418 g/mol. The minimum absolute atomic E-state index is 0.197. The summed E-state index contributed by atoms with van der Waals surface area (Å²) in [5.74, 6) is 2.45. The number of benzene rings is 2. The van der Waals surface area contributed by atoms with E-state index in [1.807, 2.05) is 24.4 Å². The van der Waals surface area contributed by atoms with Crippen molar-refractivity contribution in [3.63, 3.8) is 0 Å². The molecule has 5 rings (SSSR count). The molecule has 1 saturated carbocycles. The third-order valence-electron chi connectivity index (χ3n) is 6.71. The third kappa shape index (κ3) is 3.94. The average Bonchev–Trinajstić information content (AvgIpc) is 3.20. The number of aromatic amines is 1. The molecule has 1 unspecified atom stereocenters. The molecule has 2 aromatic carbocycles. The van der Waals surface area contributed by atoms with Crippen LogP contribution in [0.2, 0.25) is 0 Å². The van der Waals surface area contributed by atoms with Crippen molar-refractivity contribution in [3.8, 4) is 5.75 Å². The molecule has 5 nitrogen and oxygen atoms in total. The van der Waals surface area contributed by atoms with E-state index in [2.05, 4.69) is 33.3 Å². The standard InChI is InChI=1S/C25H27FN4O/c1-15(28-25-29-23-10-8-19(31-2)14-24(23)30-25)16-3-5-17(6-4-16)20-11-12-27-22-9-7-18(26)13-21(20)22/h7-17H,3-6H2,1-2H3,(H2,28,29,30). The smallest absolute Gasteiger partial charge is 0.201 e. The first-order valence-corrected chi connectivity index (χ1v) is 10.9. The molecule has 31 heavy (non-hydrogen) atoms. The van der Waals surface area contributed by atoms with Gasteiger partial charge in [0.25, 0.3) is 0 Å². The Balaban J connectivity index is 1.26. The number of rotatable bonds is 5. The highest BCUT2D eigenvalue weighted by atomic mass is 19.1. The lowest BCUT2D eigenvalue weighted by Crippen LogP contribution is -2.29. The zero-order valence-electron chi connectivity index (χ0n) is 17.9. The average molecular weight is 419 g/mol. The quantitative estimate of drug-likeness (QED) is 0.415. The SMILES string of the molecule is COc1ccc2nc(NC(C)C3CCC(c4ccnc5ccc(F)cc45)CC3)[nH]c2c1. The lowest BCUT2D eigenvalue weighted by molar-refractivity contribution is 0.301. The van der Waals surface area contributed by atoms with Gasteiger partial charge in [0.1, 0.15) is 11.6 Å². The highest BCUT2D eigenvalue weighted by molar-refractivity contribution is 5.82. The fourth-order valence-corrected chi connectivity index (χ4v) is 4.94. The first-order chi connectivity index (χ1) is 15.1. The second kappa shape index (κ2) is 8.17. The number of aromatic nitrogens is 3. The molecule has 1 fully saturated rings. The van der Waals surface area contributed by atoms with Crippen molar-refractivity contribution in [2.75, 3.05) is 12.4 Å². The molecule has 1 atom stereocenters. The number of anilines is 1. The summed E-state index contributed by atoms with van der Waals surface area (Å²) < 4.78 is 19.1. The minimum atomic E-state index is -0.197. The van der Waals surface area contributed by atoms with E-state index in [1.165, 1.54) is 11.6 Å². The molecule has 4 aromatic rings. The van der Waals surface area contributed by atoms with Crippen molar-refractivity contribution in [2.24, 2.45) is 5.92 Å². The Morgan fingerprint density at radius 1 is 1.06 bits per heavy atom. The number of fused-ring (bicyclic) bond motifs is 2. The number of pyridine rings is 1. The van der Waals surface area contributed by atoms with Gasteiger partial charge in [-0.25, -0.2) is 9.37 Å². The predicted molar refractivity (Wildman–Crippen MR) is 122 cm³/mol. The van der Waals surface area contributed by atoms with Gasteiger partial charge in [-0.1, -0.05) is 0 Å². The lowest BCUT2D eigenvalue weighted by atomic mass is 9.75. The number of halogens is 1. The van der Waals surface area contributed by atoms with Crippen LogP contribution >= 0.6 is 0 Å². The van der Waals surface area contributed by atoms with E-state index in [1.54, 1.807) is 19.2 Å². The highest BCUT2D eigenvalue weighted by Crippen LogP contribution is 2.39. The maximum Gasteiger partial charge on any atom is 0.201 e. The van der Waals surface area contributed by atoms with Crippen LogP contribution in [0.25, 0.3) is 21.9 Å². The van der Waals surface area contributed by atoms with E-state index >= 15 is 0 Å². The van der Waals surface area contributed by atoms with Crippen LogP contribution in [0, 0.1) is 11.7 Å². The van der Waals surface area contributed by atoms with Crippen molar-refractivity contribution < 1.29 is 9.13 Å². The number of hydrogen-bond donors (Lipinski definition) is 2. The van der Waals surface area contributed by atoms with Crippen LogP contribution in [0.15, 0.2) is 48.7 Å². The largest absolute Gasteiger partial charge is 0.497 e. The van der Waals surface area contributed by atoms with E-state index in [9.17, 15) is 4.39 Å². The van der Waals surface area contributed by atoms with E-state index in [4.69, 9.17) is 4.74 Å². The molecular formula is C25H27FN4O. The molecule has 1 aliphatic rings. The van der Waals surface area contributed by atoms with Gasteiger partial charge in [0.05, 0.1) is 23.7 Å². The van der Waals surface area contributed by atoms with E-state index < -0.39 is 0 Å². The normalized spacial score (nSPS) is 20.1. The Morgan fingerprint density at radius 2 is 1.87 bits per heavy atom. The van der Waals surface area contributed by atoms with Gasteiger partial charge in [-0.15, -0.1) is 0 Å². The molecule has 0 radical (unpaired) electrons. The van der Waals surface area contributed by atoms with Gasteiger partial charge in [-0.2, -0.15) is 0 Å². The molecule has 0 amide bonds. The van der Waals surface area contributed by atoms with Crippen molar-refractivity contribution in [2.45, 2.75) is 44.6 Å². The van der Waals surface area contributed by atoms with Crippen LogP contribution in [0.4, 0.5) is 10.3 Å². The second-order valence-corrected chi connectivity index (χ2v) is 8.57. The van der Waals surface area contributed by atoms with Gasteiger partial charge in [0.15, 0.2) is 0 Å². The van der Waals surface area contributed by atoms with Gasteiger partial charge >= 0.3 is 0 Å². The van der Waals surface area contributed by atoms with Crippen LogP contribution < -0.4 is 10.1 Å². The summed E-state index contributed by atoms with van der Waals surface area (Å²) in [5, 5.41) is 4.52. The topological polar surface area (TPSA) is 62.8 Å². The summed E-state index contributed by atoms with van der Waals surface area (Å²) in [4.78, 5) is 12.4. The number of nitrogens with one attached hydrogen (secondary N) is 2. The van der Waals surface area contributed by atoms with Crippen LogP contribution in [0.1, 0.15) is 44.1 Å². The number of imidazole rings is 1. The van der Waals surface area contributed by atoms with Gasteiger partial charge in [0.2, 0.25) is 5.95 Å². The fourth-order valence-electron chi connectivity index (χ4n) is 4.94. The highest BCUT2D eigenvalue weighted by Gasteiger charge is 2.27. The third-order valence-corrected chi connectivity index (χ3v) is 6.71. The molecule has 2 heterocycles. The van der Waals surface area contributed by atoms with E-state index in [0.29, 0.717) is 17.9 Å². The van der Waals surface area contributed by atoms with Crippen LogP contribution in [-0.2, 0) is 0 Å². The number of hydrogen-bond acceptors (Lipinski definition) is 4. The Hall–Kier alpha value is -3.15. The predicted octanol–water partition coefficient (Wildman–Crippen LogP) is 6.03. The Morgan fingerprint density at radius 3 is 2.68 bits per heavy atom. The van der Waals surface area contributed by atoms with E-state index in [0.717, 1.165) is 59.3 Å². The zero-order chi connectivity index (χ0) is 21.4. The van der Waals surface area contributed by atoms with Crippen molar-refractivity contribution >= 4 is 27.9 Å². The summed E-state index contributed by atoms with van der Waals surface area (Å²) in [7, 11) is 1.67. The van der Waals surface area contributed by atoms with Crippen molar-refractivity contribution in [1.29, 1.82) is 0 Å². The van der Waals surface area contributed by atoms with Crippen LogP contribution in [-0.4, -0.2) is 28.1 Å². The molecule has 0 bridgehead atoms. The molecule has 160 valence electrons. The second-order valence-electron chi connectivity index (χ2n) is 8.57. The summed E-state index contributed by atoms with van der Waals surface area (Å²) in [5.41, 5.74) is 4.00. The maximum absolute atomic E-state index is 13.8. The molecule has 2 N–H and O–H groups in total. The first-order valence-electron chi connectivity index (χ1n) is 10.9. The summed E-state index contributed by atoms with van der Waals surface area (Å²) in [6.07, 6.45) is 6.31. The molecule has 2 aromatic heterocycles. The molecule has 0 saturated heterocycles. The zero-order valence-corrected chi connectivity index (χ0v) is 17.9. The molecular weight excluding hydrogens is 391 g/mol. The molecule has 6 heteroatoms. The molecule has 1 aliphatic carbocycles. The number of nitrogens with zero attached hydrogens (tertiary/aromatic N) is 2. The van der Waals surface area contributed by atoms with E-state index in [-0.39, 0.29) is 5.82 Å². The fraction of sp³-hybridized carbons (Fsp3) is 0.360. The lowest BCUT2D eigenvalue weighted by Gasteiger charge is -2.33. The minimum Gasteiger partial charge on any atom is -0.497 e. The summed E-state index contributed by atoms with van der Waals surface area (Å²) in [6, 6.07) is 13.1. The van der Waals surface area contributed by atoms with Crippen LogP contribution in [0.5, 0.6) is 5.75 Å². The van der Waals surface area contributed by atoms with Crippen molar-refractivity contribution in [1.82, 2.24) is 15.0 Å². The van der Waals surface area contributed by atoms with Crippen LogP contribution in [0.3, 0.4) is 0 Å². The number of ether oxygens (including phenoxy) is 1.